The third-order valence-corrected chi connectivity index (χ3v) is 12.1. The zero-order valence-corrected chi connectivity index (χ0v) is 25.3. The maximum absolute atomic E-state index is 6.27. The van der Waals surface area contributed by atoms with Gasteiger partial charge in [-0.2, -0.15) is 0 Å². The Labute approximate surface area is 219 Å². The molecule has 0 amide bonds. The van der Waals surface area contributed by atoms with Crippen LogP contribution < -0.4 is 14.8 Å². The van der Waals surface area contributed by atoms with Crippen molar-refractivity contribution in [1.82, 2.24) is 0 Å². The zero-order chi connectivity index (χ0) is 26.0. The summed E-state index contributed by atoms with van der Waals surface area (Å²) in [5.74, 6) is 1.73. The minimum absolute atomic E-state index is 0.331. The minimum Gasteiger partial charge on any atom is -0.497 e. The Kier molecular flexibility index (Phi) is 16.5. The molecule has 1 N–H and O–H groups in total. The van der Waals surface area contributed by atoms with Gasteiger partial charge in [-0.3, -0.25) is 0 Å². The van der Waals surface area contributed by atoms with E-state index >= 15 is 0 Å². The van der Waals surface area contributed by atoms with Crippen molar-refractivity contribution < 1.29 is 13.9 Å². The van der Waals surface area contributed by atoms with E-state index in [1.807, 2.05) is 18.2 Å². The fourth-order valence-electron chi connectivity index (χ4n) is 4.07. The van der Waals surface area contributed by atoms with Gasteiger partial charge in [0.2, 0.25) is 0 Å². The smallest absolute Gasteiger partial charge is 0.191 e. The standard InChI is InChI=1S/C30H57NO3Si/c1-30(2,3)35(6,7)34-25-21-19-17-15-13-11-9-8-10-12-14-16-18-20-24-31-28-26-27(32-4)22-23-29(28)33-5/h22-23,26,31H,8-21,24-25H2,1-7H3. The topological polar surface area (TPSA) is 39.7 Å². The van der Waals surface area contributed by atoms with Gasteiger partial charge in [0, 0.05) is 19.2 Å². The molecule has 0 aliphatic carbocycles. The summed E-state index contributed by atoms with van der Waals surface area (Å²) >= 11 is 0. The van der Waals surface area contributed by atoms with Gasteiger partial charge in [-0.25, -0.2) is 0 Å². The Morgan fingerprint density at radius 1 is 0.686 bits per heavy atom. The highest BCUT2D eigenvalue weighted by atomic mass is 28.4. The van der Waals surface area contributed by atoms with E-state index in [0.717, 1.165) is 30.3 Å². The van der Waals surface area contributed by atoms with Crippen LogP contribution in [0.3, 0.4) is 0 Å². The molecule has 0 spiro atoms. The van der Waals surface area contributed by atoms with E-state index in [1.54, 1.807) is 14.2 Å². The predicted octanol–water partition coefficient (Wildman–Crippen LogP) is 9.60. The Hall–Kier alpha value is -1.20. The molecule has 0 bridgehead atoms. The van der Waals surface area contributed by atoms with Crippen molar-refractivity contribution in [1.29, 1.82) is 0 Å². The number of methoxy groups -OCH3 is 2. The maximum Gasteiger partial charge on any atom is 0.191 e. The fraction of sp³-hybridized carbons (Fsp3) is 0.800. The van der Waals surface area contributed by atoms with E-state index in [4.69, 9.17) is 13.9 Å². The molecule has 0 fully saturated rings. The van der Waals surface area contributed by atoms with Gasteiger partial charge < -0.3 is 19.2 Å². The van der Waals surface area contributed by atoms with E-state index in [0.29, 0.717) is 5.04 Å². The van der Waals surface area contributed by atoms with Crippen LogP contribution in [0.1, 0.15) is 111 Å². The minimum atomic E-state index is -1.54. The number of ether oxygens (including phenoxy) is 2. The molecule has 1 rings (SSSR count). The second-order valence-electron chi connectivity index (χ2n) is 11.6. The monoisotopic (exact) mass is 507 g/mol. The second-order valence-corrected chi connectivity index (χ2v) is 16.4. The molecule has 0 aromatic heterocycles. The molecule has 5 heteroatoms. The molecule has 0 heterocycles. The first-order chi connectivity index (χ1) is 16.7. The molecule has 204 valence electrons. The average Bonchev–Trinajstić information content (AvgIpc) is 2.82. The van der Waals surface area contributed by atoms with Crippen LogP contribution in [-0.2, 0) is 4.43 Å². The third kappa shape index (κ3) is 14.2. The second kappa shape index (κ2) is 18.1. The van der Waals surface area contributed by atoms with Crippen molar-refractivity contribution in [2.24, 2.45) is 0 Å². The van der Waals surface area contributed by atoms with Crippen molar-refractivity contribution >= 4 is 14.0 Å². The lowest BCUT2D eigenvalue weighted by atomic mass is 10.0. The Morgan fingerprint density at radius 2 is 1.17 bits per heavy atom. The lowest BCUT2D eigenvalue weighted by Crippen LogP contribution is -2.40. The van der Waals surface area contributed by atoms with Gasteiger partial charge in [0.25, 0.3) is 0 Å². The van der Waals surface area contributed by atoms with Crippen molar-refractivity contribution in [3.8, 4) is 11.5 Å². The molecular formula is C30H57NO3Si. The molecule has 0 aliphatic heterocycles. The van der Waals surface area contributed by atoms with Crippen LogP contribution in [0.2, 0.25) is 18.1 Å². The fourth-order valence-corrected chi connectivity index (χ4v) is 5.16. The zero-order valence-electron chi connectivity index (χ0n) is 24.3. The number of nitrogens with one attached hydrogen (secondary N) is 1. The number of hydrogen-bond acceptors (Lipinski definition) is 4. The first-order valence-electron chi connectivity index (χ1n) is 14.3. The molecule has 1 aromatic rings. The van der Waals surface area contributed by atoms with Gasteiger partial charge in [0.05, 0.1) is 19.9 Å². The first kappa shape index (κ1) is 31.8. The molecule has 0 unspecified atom stereocenters. The number of unbranched alkanes of at least 4 members (excludes halogenated alkanes) is 13. The van der Waals surface area contributed by atoms with Gasteiger partial charge in [-0.05, 0) is 43.1 Å². The molecule has 0 saturated carbocycles. The van der Waals surface area contributed by atoms with Crippen LogP contribution >= 0.6 is 0 Å². The van der Waals surface area contributed by atoms with E-state index in [2.05, 4.69) is 39.2 Å². The largest absolute Gasteiger partial charge is 0.497 e. The Morgan fingerprint density at radius 3 is 1.63 bits per heavy atom. The molecule has 0 aliphatic rings. The van der Waals surface area contributed by atoms with Crippen molar-refractivity contribution in [3.63, 3.8) is 0 Å². The van der Waals surface area contributed by atoms with Crippen molar-refractivity contribution in [2.75, 3.05) is 32.7 Å². The number of benzene rings is 1. The Balaban J connectivity index is 1.86. The van der Waals surface area contributed by atoms with Crippen LogP contribution in [0.4, 0.5) is 5.69 Å². The van der Waals surface area contributed by atoms with E-state index in [-0.39, 0.29) is 0 Å². The number of rotatable bonds is 21. The highest BCUT2D eigenvalue weighted by Gasteiger charge is 2.36. The van der Waals surface area contributed by atoms with Crippen molar-refractivity contribution in [2.45, 2.75) is 129 Å². The Bertz CT molecular complexity index is 657. The third-order valence-electron chi connectivity index (χ3n) is 7.56. The molecule has 0 radical (unpaired) electrons. The normalized spacial score (nSPS) is 12.1. The van der Waals surface area contributed by atoms with E-state index in [1.165, 1.54) is 89.9 Å². The van der Waals surface area contributed by atoms with Gasteiger partial charge in [-0.15, -0.1) is 0 Å². The quantitative estimate of drug-likeness (QED) is 0.133. The van der Waals surface area contributed by atoms with Gasteiger partial charge in [0.1, 0.15) is 11.5 Å². The summed E-state index contributed by atoms with van der Waals surface area (Å²) in [7, 11) is 1.86. The van der Waals surface area contributed by atoms with Crippen LogP contribution in [-0.4, -0.2) is 35.7 Å². The first-order valence-corrected chi connectivity index (χ1v) is 17.2. The lowest BCUT2D eigenvalue weighted by molar-refractivity contribution is 0.277. The summed E-state index contributed by atoms with van der Waals surface area (Å²) in [5, 5.41) is 3.82. The van der Waals surface area contributed by atoms with Crippen LogP contribution in [0.5, 0.6) is 11.5 Å². The lowest BCUT2D eigenvalue weighted by Gasteiger charge is -2.36. The highest BCUT2D eigenvalue weighted by Crippen LogP contribution is 2.36. The summed E-state index contributed by atoms with van der Waals surface area (Å²) in [5.41, 5.74) is 1.02. The van der Waals surface area contributed by atoms with Gasteiger partial charge in [-0.1, -0.05) is 97.8 Å². The highest BCUT2D eigenvalue weighted by molar-refractivity contribution is 6.74. The molecule has 0 saturated heterocycles. The summed E-state index contributed by atoms with van der Waals surface area (Å²) in [6.07, 6.45) is 19.0. The van der Waals surface area contributed by atoms with Crippen LogP contribution in [0.15, 0.2) is 18.2 Å². The SMILES string of the molecule is COc1ccc(OC)c(NCCCCCCCCCCCCCCCCO[Si](C)(C)C(C)(C)C)c1. The summed E-state index contributed by atoms with van der Waals surface area (Å²) < 4.78 is 17.0. The summed E-state index contributed by atoms with van der Waals surface area (Å²) in [6.45, 7) is 13.6. The maximum atomic E-state index is 6.27. The number of anilines is 1. The molecular weight excluding hydrogens is 450 g/mol. The van der Waals surface area contributed by atoms with Crippen molar-refractivity contribution in [3.05, 3.63) is 18.2 Å². The molecule has 0 atom stereocenters. The van der Waals surface area contributed by atoms with Crippen LogP contribution in [0, 0.1) is 0 Å². The molecule has 1 aromatic carbocycles. The number of hydrogen-bond donors (Lipinski definition) is 1. The summed E-state index contributed by atoms with van der Waals surface area (Å²) in [4.78, 5) is 0. The van der Waals surface area contributed by atoms with E-state index < -0.39 is 8.32 Å². The predicted molar refractivity (Wildman–Crippen MR) is 156 cm³/mol. The van der Waals surface area contributed by atoms with Crippen LogP contribution in [0.25, 0.3) is 0 Å². The van der Waals surface area contributed by atoms with Gasteiger partial charge >= 0.3 is 0 Å². The summed E-state index contributed by atoms with van der Waals surface area (Å²) in [6, 6.07) is 5.89. The molecule has 4 nitrogen and oxygen atoms in total. The van der Waals surface area contributed by atoms with E-state index in [9.17, 15) is 0 Å². The van der Waals surface area contributed by atoms with Gasteiger partial charge in [0.15, 0.2) is 8.32 Å². The molecule has 35 heavy (non-hydrogen) atoms. The average molecular weight is 508 g/mol.